The Hall–Kier alpha value is -2.08. The van der Waals surface area contributed by atoms with Crippen molar-refractivity contribution in [1.82, 2.24) is 4.98 Å². The zero-order valence-corrected chi connectivity index (χ0v) is 11.4. The number of hydrogen-bond acceptors (Lipinski definition) is 5. The fourth-order valence-electron chi connectivity index (χ4n) is 1.52. The van der Waals surface area contributed by atoms with Gasteiger partial charge < -0.3 is 10.5 Å². The SMILES string of the molecule is Cc1ncsc1CCOC(=O)Nc1ccc(N)cc1. The fraction of sp³-hybridized carbons (Fsp3) is 0.231. The second kappa shape index (κ2) is 6.19. The second-order valence-electron chi connectivity index (χ2n) is 3.99. The van der Waals surface area contributed by atoms with Crippen molar-refractivity contribution in [2.75, 3.05) is 17.7 Å². The number of nitrogen functional groups attached to an aromatic ring is 1. The Morgan fingerprint density at radius 2 is 2.16 bits per heavy atom. The zero-order valence-electron chi connectivity index (χ0n) is 10.6. The van der Waals surface area contributed by atoms with Crippen LogP contribution in [0.3, 0.4) is 0 Å². The van der Waals surface area contributed by atoms with Crippen LogP contribution in [-0.2, 0) is 11.2 Å². The number of aryl methyl sites for hydroxylation is 1. The normalized spacial score (nSPS) is 10.2. The molecular formula is C13H15N3O2S. The predicted molar refractivity (Wildman–Crippen MR) is 76.4 cm³/mol. The molecule has 0 atom stereocenters. The maximum Gasteiger partial charge on any atom is 0.411 e. The van der Waals surface area contributed by atoms with Crippen LogP contribution in [0.15, 0.2) is 29.8 Å². The molecule has 2 aromatic rings. The van der Waals surface area contributed by atoms with Crippen molar-refractivity contribution in [3.05, 3.63) is 40.3 Å². The van der Waals surface area contributed by atoms with E-state index in [0.717, 1.165) is 10.6 Å². The molecule has 0 spiro atoms. The van der Waals surface area contributed by atoms with Crippen molar-refractivity contribution >= 4 is 28.8 Å². The third kappa shape index (κ3) is 3.96. The van der Waals surface area contributed by atoms with Gasteiger partial charge in [-0.05, 0) is 31.2 Å². The molecule has 5 nitrogen and oxygen atoms in total. The average Bonchev–Trinajstić information content (AvgIpc) is 2.78. The summed E-state index contributed by atoms with van der Waals surface area (Å²) < 4.78 is 5.10. The number of nitrogens with two attached hydrogens (primary N) is 1. The second-order valence-corrected chi connectivity index (χ2v) is 4.93. The molecule has 3 N–H and O–H groups in total. The number of benzene rings is 1. The van der Waals surface area contributed by atoms with Gasteiger partial charge in [-0.1, -0.05) is 0 Å². The van der Waals surface area contributed by atoms with Gasteiger partial charge in [0.25, 0.3) is 0 Å². The summed E-state index contributed by atoms with van der Waals surface area (Å²) in [6.45, 7) is 2.28. The van der Waals surface area contributed by atoms with E-state index in [4.69, 9.17) is 10.5 Å². The molecule has 0 saturated carbocycles. The third-order valence-corrected chi connectivity index (χ3v) is 3.56. The first-order chi connectivity index (χ1) is 9.15. The zero-order chi connectivity index (χ0) is 13.7. The number of aromatic nitrogens is 1. The van der Waals surface area contributed by atoms with Gasteiger partial charge in [0.05, 0.1) is 17.8 Å². The van der Waals surface area contributed by atoms with Gasteiger partial charge in [0.2, 0.25) is 0 Å². The molecule has 0 saturated heterocycles. The number of nitrogens with one attached hydrogen (secondary N) is 1. The highest BCUT2D eigenvalue weighted by Gasteiger charge is 2.05. The summed E-state index contributed by atoms with van der Waals surface area (Å²) in [5, 5.41) is 2.63. The van der Waals surface area contributed by atoms with E-state index in [1.807, 2.05) is 6.92 Å². The summed E-state index contributed by atoms with van der Waals surface area (Å²) in [7, 11) is 0. The number of rotatable bonds is 4. The molecule has 6 heteroatoms. The minimum atomic E-state index is -0.466. The van der Waals surface area contributed by atoms with Gasteiger partial charge in [-0.2, -0.15) is 0 Å². The summed E-state index contributed by atoms with van der Waals surface area (Å²) in [5.41, 5.74) is 9.65. The number of anilines is 2. The first kappa shape index (κ1) is 13.4. The molecular weight excluding hydrogens is 262 g/mol. The topological polar surface area (TPSA) is 77.2 Å². The van der Waals surface area contributed by atoms with Crippen LogP contribution >= 0.6 is 11.3 Å². The van der Waals surface area contributed by atoms with Crippen molar-refractivity contribution in [3.63, 3.8) is 0 Å². The monoisotopic (exact) mass is 277 g/mol. The molecule has 1 aromatic heterocycles. The van der Waals surface area contributed by atoms with Crippen molar-refractivity contribution in [2.45, 2.75) is 13.3 Å². The number of hydrogen-bond donors (Lipinski definition) is 2. The molecule has 0 aliphatic carbocycles. The van der Waals surface area contributed by atoms with E-state index in [9.17, 15) is 4.79 Å². The van der Waals surface area contributed by atoms with Gasteiger partial charge in [0.1, 0.15) is 0 Å². The van der Waals surface area contributed by atoms with Crippen LogP contribution in [0.25, 0.3) is 0 Å². The van der Waals surface area contributed by atoms with E-state index in [1.165, 1.54) is 0 Å². The summed E-state index contributed by atoms with van der Waals surface area (Å²) in [6.07, 6.45) is 0.220. The molecule has 1 heterocycles. The predicted octanol–water partition coefficient (Wildman–Crippen LogP) is 2.82. The highest BCUT2D eigenvalue weighted by molar-refractivity contribution is 7.09. The highest BCUT2D eigenvalue weighted by atomic mass is 32.1. The van der Waals surface area contributed by atoms with Crippen LogP contribution in [0.4, 0.5) is 16.2 Å². The molecule has 0 unspecified atom stereocenters. The molecule has 0 aliphatic heterocycles. The van der Waals surface area contributed by atoms with E-state index in [2.05, 4.69) is 10.3 Å². The van der Waals surface area contributed by atoms with Crippen LogP contribution in [0.5, 0.6) is 0 Å². The number of carbonyl (C=O) groups is 1. The quantitative estimate of drug-likeness (QED) is 0.842. The molecule has 1 amide bonds. The average molecular weight is 277 g/mol. The Balaban J connectivity index is 1.76. The molecule has 0 aliphatic rings. The Morgan fingerprint density at radius 3 is 2.79 bits per heavy atom. The third-order valence-electron chi connectivity index (χ3n) is 2.56. The van der Waals surface area contributed by atoms with Gasteiger partial charge in [-0.25, -0.2) is 9.78 Å². The van der Waals surface area contributed by atoms with E-state index < -0.39 is 6.09 Å². The largest absolute Gasteiger partial charge is 0.449 e. The lowest BCUT2D eigenvalue weighted by molar-refractivity contribution is 0.163. The molecule has 0 fully saturated rings. The minimum absolute atomic E-state index is 0.337. The summed E-state index contributed by atoms with van der Waals surface area (Å²) in [6, 6.07) is 6.89. The van der Waals surface area contributed by atoms with E-state index >= 15 is 0 Å². The Morgan fingerprint density at radius 1 is 1.42 bits per heavy atom. The van der Waals surface area contributed by atoms with Crippen molar-refractivity contribution < 1.29 is 9.53 Å². The first-order valence-corrected chi connectivity index (χ1v) is 6.71. The molecule has 0 bridgehead atoms. The van der Waals surface area contributed by atoms with Crippen LogP contribution in [-0.4, -0.2) is 17.7 Å². The van der Waals surface area contributed by atoms with Gasteiger partial charge in [0, 0.05) is 22.7 Å². The Kier molecular flexibility index (Phi) is 4.35. The van der Waals surface area contributed by atoms with E-state index in [1.54, 1.807) is 41.1 Å². The van der Waals surface area contributed by atoms with Gasteiger partial charge in [-0.15, -0.1) is 11.3 Å². The van der Waals surface area contributed by atoms with Crippen molar-refractivity contribution in [1.29, 1.82) is 0 Å². The first-order valence-electron chi connectivity index (χ1n) is 5.83. The molecule has 100 valence electrons. The van der Waals surface area contributed by atoms with Gasteiger partial charge in [-0.3, -0.25) is 5.32 Å². The lowest BCUT2D eigenvalue weighted by Crippen LogP contribution is -2.15. The van der Waals surface area contributed by atoms with Crippen LogP contribution in [0.2, 0.25) is 0 Å². The maximum absolute atomic E-state index is 11.5. The lowest BCUT2D eigenvalue weighted by Gasteiger charge is -2.06. The molecule has 2 rings (SSSR count). The molecule has 19 heavy (non-hydrogen) atoms. The van der Waals surface area contributed by atoms with Crippen LogP contribution in [0, 0.1) is 6.92 Å². The summed E-state index contributed by atoms with van der Waals surface area (Å²) in [4.78, 5) is 16.8. The van der Waals surface area contributed by atoms with Crippen molar-refractivity contribution in [3.8, 4) is 0 Å². The maximum atomic E-state index is 11.5. The Bertz CT molecular complexity index is 551. The lowest BCUT2D eigenvalue weighted by atomic mass is 10.3. The molecule has 1 aromatic carbocycles. The number of carbonyl (C=O) groups excluding carboxylic acids is 1. The van der Waals surface area contributed by atoms with E-state index in [-0.39, 0.29) is 0 Å². The molecule has 0 radical (unpaired) electrons. The van der Waals surface area contributed by atoms with Crippen LogP contribution < -0.4 is 11.1 Å². The number of amides is 1. The van der Waals surface area contributed by atoms with Gasteiger partial charge >= 0.3 is 6.09 Å². The van der Waals surface area contributed by atoms with Crippen molar-refractivity contribution in [2.24, 2.45) is 0 Å². The number of thiazole rings is 1. The number of ether oxygens (including phenoxy) is 1. The highest BCUT2D eigenvalue weighted by Crippen LogP contribution is 2.13. The smallest absolute Gasteiger partial charge is 0.411 e. The minimum Gasteiger partial charge on any atom is -0.449 e. The summed E-state index contributed by atoms with van der Waals surface area (Å²) >= 11 is 1.57. The Labute approximate surface area is 115 Å². The summed E-state index contributed by atoms with van der Waals surface area (Å²) in [5.74, 6) is 0. The van der Waals surface area contributed by atoms with Crippen LogP contribution in [0.1, 0.15) is 10.6 Å². The van der Waals surface area contributed by atoms with E-state index in [0.29, 0.717) is 24.4 Å². The van der Waals surface area contributed by atoms with Gasteiger partial charge in [0.15, 0.2) is 0 Å². The fourth-order valence-corrected chi connectivity index (χ4v) is 2.29. The standard InChI is InChI=1S/C13H15N3O2S/c1-9-12(19-8-15-9)6-7-18-13(17)16-11-4-2-10(14)3-5-11/h2-5,8H,6-7,14H2,1H3,(H,16,17). The number of nitrogens with zero attached hydrogens (tertiary/aromatic N) is 1.